The van der Waals surface area contributed by atoms with Crippen LogP contribution in [0.15, 0.2) is 18.2 Å². The topological polar surface area (TPSA) is 38.3 Å². The predicted octanol–water partition coefficient (Wildman–Crippen LogP) is 4.11. The largest absolute Gasteiger partial charge is 0.481 e. The van der Waals surface area contributed by atoms with Crippen molar-refractivity contribution in [1.29, 1.82) is 0 Å². The maximum atomic E-state index is 12.1. The van der Waals surface area contributed by atoms with Gasteiger partial charge in [-0.1, -0.05) is 30.9 Å². The van der Waals surface area contributed by atoms with E-state index in [-0.39, 0.29) is 5.91 Å². The van der Waals surface area contributed by atoms with Gasteiger partial charge in [-0.05, 0) is 56.4 Å². The molecule has 1 saturated carbocycles. The Labute approximate surface area is 132 Å². The maximum Gasteiger partial charge on any atom is 0.260 e. The van der Waals surface area contributed by atoms with Gasteiger partial charge in [0.1, 0.15) is 5.75 Å². The molecule has 1 aromatic rings. The van der Waals surface area contributed by atoms with Crippen LogP contribution in [-0.2, 0) is 4.79 Å². The van der Waals surface area contributed by atoms with Gasteiger partial charge in [0.05, 0.1) is 0 Å². The molecule has 1 aromatic carbocycles. The Balaban J connectivity index is 1.81. The van der Waals surface area contributed by atoms with Crippen molar-refractivity contribution in [3.05, 3.63) is 28.8 Å². The molecule has 21 heavy (non-hydrogen) atoms. The average molecular weight is 310 g/mol. The zero-order valence-corrected chi connectivity index (χ0v) is 13.6. The first-order valence-corrected chi connectivity index (χ1v) is 8.14. The number of carbonyl (C=O) groups excluding carboxylic acids is 1. The summed E-state index contributed by atoms with van der Waals surface area (Å²) in [6.07, 6.45) is 5.87. The van der Waals surface area contributed by atoms with E-state index >= 15 is 0 Å². The van der Waals surface area contributed by atoms with Crippen molar-refractivity contribution < 1.29 is 9.53 Å². The van der Waals surface area contributed by atoms with Crippen LogP contribution < -0.4 is 10.1 Å². The molecule has 0 heterocycles. The van der Waals surface area contributed by atoms with Crippen LogP contribution in [0, 0.1) is 12.8 Å². The van der Waals surface area contributed by atoms with Crippen LogP contribution in [0.25, 0.3) is 0 Å². The minimum Gasteiger partial charge on any atom is -0.481 e. The molecule has 0 aromatic heterocycles. The fourth-order valence-corrected chi connectivity index (χ4v) is 3.00. The summed E-state index contributed by atoms with van der Waals surface area (Å²) in [5.41, 5.74) is 0.939. The molecule has 1 fully saturated rings. The van der Waals surface area contributed by atoms with Crippen molar-refractivity contribution in [3.63, 3.8) is 0 Å². The van der Waals surface area contributed by atoms with E-state index in [0.29, 0.717) is 16.7 Å². The Bertz CT molecular complexity index is 484. The Morgan fingerprint density at radius 3 is 2.76 bits per heavy atom. The van der Waals surface area contributed by atoms with E-state index in [0.717, 1.165) is 12.1 Å². The molecular formula is C17H24ClNO2. The maximum absolute atomic E-state index is 12.1. The molecule has 1 atom stereocenters. The number of hydrogen-bond donors (Lipinski definition) is 1. The summed E-state index contributed by atoms with van der Waals surface area (Å²) in [5, 5.41) is 3.69. The molecule has 0 saturated heterocycles. The van der Waals surface area contributed by atoms with E-state index in [1.807, 2.05) is 19.1 Å². The lowest BCUT2D eigenvalue weighted by Crippen LogP contribution is -2.39. The van der Waals surface area contributed by atoms with Crippen LogP contribution in [-0.4, -0.2) is 18.6 Å². The first-order chi connectivity index (χ1) is 10.1. The van der Waals surface area contributed by atoms with Gasteiger partial charge in [-0.25, -0.2) is 0 Å². The minimum absolute atomic E-state index is 0.0464. The molecule has 0 bridgehead atoms. The third kappa shape index (κ3) is 4.92. The van der Waals surface area contributed by atoms with Crippen LogP contribution >= 0.6 is 11.6 Å². The molecule has 4 heteroatoms. The predicted molar refractivity (Wildman–Crippen MR) is 85.9 cm³/mol. The molecule has 2 rings (SSSR count). The van der Waals surface area contributed by atoms with Crippen molar-refractivity contribution in [2.75, 3.05) is 6.54 Å². The first-order valence-electron chi connectivity index (χ1n) is 7.77. The summed E-state index contributed by atoms with van der Waals surface area (Å²) in [5.74, 6) is 1.29. The first kappa shape index (κ1) is 16.2. The second kappa shape index (κ2) is 7.69. The minimum atomic E-state index is -0.492. The van der Waals surface area contributed by atoms with E-state index in [1.165, 1.54) is 32.1 Å². The Morgan fingerprint density at radius 1 is 1.38 bits per heavy atom. The van der Waals surface area contributed by atoms with E-state index in [9.17, 15) is 4.79 Å². The van der Waals surface area contributed by atoms with Gasteiger partial charge >= 0.3 is 0 Å². The van der Waals surface area contributed by atoms with Crippen LogP contribution in [0.1, 0.15) is 44.6 Å². The molecule has 1 amide bonds. The van der Waals surface area contributed by atoms with Crippen LogP contribution in [0.2, 0.25) is 5.02 Å². The summed E-state index contributed by atoms with van der Waals surface area (Å²) in [4.78, 5) is 12.1. The van der Waals surface area contributed by atoms with Gasteiger partial charge in [-0.3, -0.25) is 4.79 Å². The lowest BCUT2D eigenvalue weighted by atomic mass is 9.89. The molecule has 1 aliphatic rings. The van der Waals surface area contributed by atoms with Gasteiger partial charge in [-0.2, -0.15) is 0 Å². The lowest BCUT2D eigenvalue weighted by Gasteiger charge is -2.23. The third-order valence-electron chi connectivity index (χ3n) is 4.10. The molecule has 0 aliphatic heterocycles. The standard InChI is InChI=1S/C17H24ClNO2/c1-12-10-15(18)8-9-16(12)21-13(2)17(20)19-11-14-6-4-3-5-7-14/h8-10,13-14H,3-7,11H2,1-2H3,(H,19,20). The van der Waals surface area contributed by atoms with Crippen molar-refractivity contribution in [2.45, 2.75) is 52.1 Å². The van der Waals surface area contributed by atoms with Crippen molar-refractivity contribution in [1.82, 2.24) is 5.32 Å². The Hall–Kier alpha value is -1.22. The Morgan fingerprint density at radius 2 is 2.10 bits per heavy atom. The average Bonchev–Trinajstić information content (AvgIpc) is 2.48. The van der Waals surface area contributed by atoms with Gasteiger partial charge in [0, 0.05) is 11.6 Å². The molecular weight excluding hydrogens is 286 g/mol. The van der Waals surface area contributed by atoms with E-state index < -0.39 is 6.10 Å². The number of nitrogens with one attached hydrogen (secondary N) is 1. The van der Waals surface area contributed by atoms with Crippen molar-refractivity contribution in [3.8, 4) is 5.75 Å². The number of hydrogen-bond acceptors (Lipinski definition) is 2. The van der Waals surface area contributed by atoms with Crippen LogP contribution in [0.3, 0.4) is 0 Å². The van der Waals surface area contributed by atoms with Crippen molar-refractivity contribution >= 4 is 17.5 Å². The van der Waals surface area contributed by atoms with Gasteiger partial charge in [0.15, 0.2) is 6.10 Å². The molecule has 0 spiro atoms. The third-order valence-corrected chi connectivity index (χ3v) is 4.33. The second-order valence-corrected chi connectivity index (χ2v) is 6.36. The quantitative estimate of drug-likeness (QED) is 0.889. The highest BCUT2D eigenvalue weighted by Crippen LogP contribution is 2.24. The number of amides is 1. The van der Waals surface area contributed by atoms with E-state index in [4.69, 9.17) is 16.3 Å². The number of ether oxygens (including phenoxy) is 1. The number of halogens is 1. The van der Waals surface area contributed by atoms with Gasteiger partial charge in [0.2, 0.25) is 0 Å². The molecule has 116 valence electrons. The zero-order chi connectivity index (χ0) is 15.2. The SMILES string of the molecule is Cc1cc(Cl)ccc1OC(C)C(=O)NCC1CCCCC1. The van der Waals surface area contributed by atoms with Gasteiger partial charge < -0.3 is 10.1 Å². The van der Waals surface area contributed by atoms with Gasteiger partial charge in [0.25, 0.3) is 5.91 Å². The molecule has 0 radical (unpaired) electrons. The normalized spacial score (nSPS) is 17.3. The van der Waals surface area contributed by atoms with E-state index in [2.05, 4.69) is 5.32 Å². The summed E-state index contributed by atoms with van der Waals surface area (Å²) >= 11 is 5.92. The molecule has 1 aliphatic carbocycles. The Kier molecular flexibility index (Phi) is 5.92. The summed E-state index contributed by atoms with van der Waals surface area (Å²) in [6, 6.07) is 5.42. The molecule has 3 nitrogen and oxygen atoms in total. The number of rotatable bonds is 5. The number of aryl methyl sites for hydroxylation is 1. The lowest BCUT2D eigenvalue weighted by molar-refractivity contribution is -0.127. The number of benzene rings is 1. The fourth-order valence-electron chi connectivity index (χ4n) is 2.77. The van der Waals surface area contributed by atoms with E-state index in [1.54, 1.807) is 13.0 Å². The van der Waals surface area contributed by atoms with Crippen LogP contribution in [0.4, 0.5) is 0 Å². The molecule has 1 N–H and O–H groups in total. The van der Waals surface area contributed by atoms with Crippen LogP contribution in [0.5, 0.6) is 5.75 Å². The zero-order valence-electron chi connectivity index (χ0n) is 12.8. The summed E-state index contributed by atoms with van der Waals surface area (Å²) in [7, 11) is 0. The van der Waals surface area contributed by atoms with Crippen molar-refractivity contribution in [2.24, 2.45) is 5.92 Å². The monoisotopic (exact) mass is 309 g/mol. The molecule has 1 unspecified atom stereocenters. The second-order valence-electron chi connectivity index (χ2n) is 5.92. The highest BCUT2D eigenvalue weighted by Gasteiger charge is 2.18. The highest BCUT2D eigenvalue weighted by atomic mass is 35.5. The summed E-state index contributed by atoms with van der Waals surface area (Å²) in [6.45, 7) is 4.48. The highest BCUT2D eigenvalue weighted by molar-refractivity contribution is 6.30. The smallest absolute Gasteiger partial charge is 0.260 e. The summed E-state index contributed by atoms with van der Waals surface area (Å²) < 4.78 is 5.73. The van der Waals surface area contributed by atoms with Gasteiger partial charge in [-0.15, -0.1) is 0 Å². The number of carbonyl (C=O) groups is 1. The fraction of sp³-hybridized carbons (Fsp3) is 0.588.